The summed E-state index contributed by atoms with van der Waals surface area (Å²) in [6.07, 6.45) is 1.56. The summed E-state index contributed by atoms with van der Waals surface area (Å²) in [6, 6.07) is 5.33. The highest BCUT2D eigenvalue weighted by Gasteiger charge is 2.14. The maximum Gasteiger partial charge on any atom is 0.242 e. The number of pyridine rings is 1. The molecule has 0 aromatic carbocycles. The third-order valence-electron chi connectivity index (χ3n) is 2.98. The highest BCUT2D eigenvalue weighted by molar-refractivity contribution is 6.30. The van der Waals surface area contributed by atoms with Crippen molar-refractivity contribution in [3.05, 3.63) is 40.9 Å². The maximum absolute atomic E-state index is 12.2. The lowest BCUT2D eigenvalue weighted by Gasteiger charge is -2.22. The predicted molar refractivity (Wildman–Crippen MR) is 80.2 cm³/mol. The van der Waals surface area contributed by atoms with Gasteiger partial charge in [-0.2, -0.15) is 0 Å². The van der Waals surface area contributed by atoms with Gasteiger partial charge in [0.2, 0.25) is 5.91 Å². The van der Waals surface area contributed by atoms with Gasteiger partial charge in [-0.1, -0.05) is 16.8 Å². The number of nitrogens with zero attached hydrogens (tertiary/aromatic N) is 4. The zero-order valence-electron chi connectivity index (χ0n) is 12.2. The number of carbonyl (C=O) groups is 1. The molecule has 0 radical (unpaired) electrons. The molecule has 0 atom stereocenters. The molecule has 0 saturated carbocycles. The third kappa shape index (κ3) is 4.19. The molecule has 1 amide bonds. The number of aromatic nitrogens is 2. The van der Waals surface area contributed by atoms with Gasteiger partial charge in [-0.3, -0.25) is 4.79 Å². The SMILES string of the molecule is Cc1cc(CN(C)C(=O)CN(C)c2ccc(Cl)cn2)no1. The molecule has 2 aromatic rings. The van der Waals surface area contributed by atoms with E-state index >= 15 is 0 Å². The Morgan fingerprint density at radius 1 is 1.38 bits per heavy atom. The Bertz CT molecular complexity index is 612. The van der Waals surface area contributed by atoms with E-state index in [1.165, 1.54) is 0 Å². The van der Waals surface area contributed by atoms with Crippen LogP contribution in [-0.2, 0) is 11.3 Å². The predicted octanol–water partition coefficient (Wildman–Crippen LogP) is 2.13. The van der Waals surface area contributed by atoms with Crippen molar-refractivity contribution in [2.75, 3.05) is 25.5 Å². The Labute approximate surface area is 128 Å². The number of hydrogen-bond donors (Lipinski definition) is 0. The lowest BCUT2D eigenvalue weighted by Crippen LogP contribution is -2.36. The molecule has 112 valence electrons. The van der Waals surface area contributed by atoms with Crippen LogP contribution < -0.4 is 4.90 Å². The summed E-state index contributed by atoms with van der Waals surface area (Å²) < 4.78 is 4.99. The lowest BCUT2D eigenvalue weighted by atomic mass is 10.3. The molecule has 0 unspecified atom stereocenters. The van der Waals surface area contributed by atoms with Crippen molar-refractivity contribution in [1.82, 2.24) is 15.0 Å². The molecule has 0 aliphatic rings. The topological polar surface area (TPSA) is 62.5 Å². The number of amides is 1. The van der Waals surface area contributed by atoms with Crippen molar-refractivity contribution < 1.29 is 9.32 Å². The molecule has 0 N–H and O–H groups in total. The number of rotatable bonds is 5. The molecule has 0 spiro atoms. The van der Waals surface area contributed by atoms with Crippen LogP contribution in [0.4, 0.5) is 5.82 Å². The van der Waals surface area contributed by atoms with Gasteiger partial charge >= 0.3 is 0 Å². The number of anilines is 1. The summed E-state index contributed by atoms with van der Waals surface area (Å²) in [7, 11) is 3.54. The zero-order chi connectivity index (χ0) is 15.4. The normalized spacial score (nSPS) is 10.5. The van der Waals surface area contributed by atoms with Crippen molar-refractivity contribution >= 4 is 23.3 Å². The second-order valence-electron chi connectivity index (χ2n) is 4.87. The summed E-state index contributed by atoms with van der Waals surface area (Å²) in [5.74, 6) is 1.39. The Morgan fingerprint density at radius 3 is 2.71 bits per heavy atom. The first-order valence-electron chi connectivity index (χ1n) is 6.44. The van der Waals surface area contributed by atoms with Crippen molar-refractivity contribution in [2.45, 2.75) is 13.5 Å². The zero-order valence-corrected chi connectivity index (χ0v) is 13.0. The largest absolute Gasteiger partial charge is 0.361 e. The minimum absolute atomic E-state index is 0.0325. The monoisotopic (exact) mass is 308 g/mol. The first-order valence-corrected chi connectivity index (χ1v) is 6.82. The number of carbonyl (C=O) groups excluding carboxylic acids is 1. The number of hydrogen-bond acceptors (Lipinski definition) is 5. The number of likely N-dealkylation sites (N-methyl/N-ethyl adjacent to an activating group) is 2. The van der Waals surface area contributed by atoms with Gasteiger partial charge in [-0.05, 0) is 19.1 Å². The van der Waals surface area contributed by atoms with Crippen LogP contribution in [0.25, 0.3) is 0 Å². The average molecular weight is 309 g/mol. The van der Waals surface area contributed by atoms with Crippen molar-refractivity contribution in [2.24, 2.45) is 0 Å². The summed E-state index contributed by atoms with van der Waals surface area (Å²) >= 11 is 5.79. The van der Waals surface area contributed by atoms with Crippen LogP contribution in [0.15, 0.2) is 28.9 Å². The van der Waals surface area contributed by atoms with E-state index in [4.69, 9.17) is 16.1 Å². The molecule has 0 bridgehead atoms. The van der Waals surface area contributed by atoms with Crippen LogP contribution in [0.5, 0.6) is 0 Å². The van der Waals surface area contributed by atoms with Gasteiger partial charge in [0.05, 0.1) is 18.1 Å². The minimum atomic E-state index is -0.0325. The molecular formula is C14H17ClN4O2. The van der Waals surface area contributed by atoms with E-state index in [0.717, 1.165) is 11.5 Å². The van der Waals surface area contributed by atoms with Gasteiger partial charge < -0.3 is 14.3 Å². The van der Waals surface area contributed by atoms with Crippen LogP contribution in [0.1, 0.15) is 11.5 Å². The van der Waals surface area contributed by atoms with E-state index in [1.807, 2.05) is 20.0 Å². The Hall–Kier alpha value is -2.08. The van der Waals surface area contributed by atoms with Crippen molar-refractivity contribution in [1.29, 1.82) is 0 Å². The summed E-state index contributed by atoms with van der Waals surface area (Å²) in [4.78, 5) is 19.7. The van der Waals surface area contributed by atoms with E-state index in [1.54, 1.807) is 35.2 Å². The molecular weight excluding hydrogens is 292 g/mol. The lowest BCUT2D eigenvalue weighted by molar-refractivity contribution is -0.128. The van der Waals surface area contributed by atoms with E-state index < -0.39 is 0 Å². The van der Waals surface area contributed by atoms with Crippen LogP contribution in [-0.4, -0.2) is 41.6 Å². The molecule has 2 aromatic heterocycles. The molecule has 21 heavy (non-hydrogen) atoms. The van der Waals surface area contributed by atoms with Crippen LogP contribution in [0, 0.1) is 6.92 Å². The average Bonchev–Trinajstić information content (AvgIpc) is 2.84. The second-order valence-corrected chi connectivity index (χ2v) is 5.31. The molecule has 0 aliphatic carbocycles. The summed E-state index contributed by atoms with van der Waals surface area (Å²) in [5.41, 5.74) is 0.732. The van der Waals surface area contributed by atoms with Gasteiger partial charge in [-0.25, -0.2) is 4.98 Å². The number of halogens is 1. The highest BCUT2D eigenvalue weighted by atomic mass is 35.5. The van der Waals surface area contributed by atoms with Gasteiger partial charge in [-0.15, -0.1) is 0 Å². The van der Waals surface area contributed by atoms with E-state index in [2.05, 4.69) is 10.1 Å². The van der Waals surface area contributed by atoms with Crippen LogP contribution >= 0.6 is 11.6 Å². The molecule has 0 saturated heterocycles. The molecule has 0 aliphatic heterocycles. The minimum Gasteiger partial charge on any atom is -0.361 e. The molecule has 7 heteroatoms. The fourth-order valence-electron chi connectivity index (χ4n) is 1.82. The molecule has 2 rings (SSSR count). The van der Waals surface area contributed by atoms with E-state index in [-0.39, 0.29) is 12.5 Å². The first-order chi connectivity index (χ1) is 9.95. The van der Waals surface area contributed by atoms with Gasteiger partial charge in [0.15, 0.2) is 0 Å². The number of aryl methyl sites for hydroxylation is 1. The standard InChI is InChI=1S/C14H17ClN4O2/c1-10-6-12(17-21-10)8-19(3)14(20)9-18(2)13-5-4-11(15)7-16-13/h4-7H,8-9H2,1-3H3. The van der Waals surface area contributed by atoms with Crippen LogP contribution in [0.2, 0.25) is 5.02 Å². The third-order valence-corrected chi connectivity index (χ3v) is 3.20. The Kier molecular flexibility index (Phi) is 4.80. The summed E-state index contributed by atoms with van der Waals surface area (Å²) in [5, 5.41) is 4.44. The van der Waals surface area contributed by atoms with Crippen molar-refractivity contribution in [3.8, 4) is 0 Å². The highest BCUT2D eigenvalue weighted by Crippen LogP contribution is 2.13. The van der Waals surface area contributed by atoms with E-state index in [9.17, 15) is 4.79 Å². The first kappa shape index (κ1) is 15.3. The second kappa shape index (κ2) is 6.58. The van der Waals surface area contributed by atoms with E-state index in [0.29, 0.717) is 17.4 Å². The van der Waals surface area contributed by atoms with Crippen LogP contribution in [0.3, 0.4) is 0 Å². The molecule has 6 nitrogen and oxygen atoms in total. The smallest absolute Gasteiger partial charge is 0.242 e. The quantitative estimate of drug-likeness (QED) is 0.846. The fourth-order valence-corrected chi connectivity index (χ4v) is 1.93. The van der Waals surface area contributed by atoms with Crippen molar-refractivity contribution in [3.63, 3.8) is 0 Å². The summed E-state index contributed by atoms with van der Waals surface area (Å²) in [6.45, 7) is 2.46. The molecule has 2 heterocycles. The molecule has 0 fully saturated rings. The maximum atomic E-state index is 12.2. The van der Waals surface area contributed by atoms with Gasteiger partial charge in [0.25, 0.3) is 0 Å². The Morgan fingerprint density at radius 2 is 2.14 bits per heavy atom. The Balaban J connectivity index is 1.92. The van der Waals surface area contributed by atoms with Gasteiger partial charge in [0, 0.05) is 26.4 Å². The fraction of sp³-hybridized carbons (Fsp3) is 0.357. The van der Waals surface area contributed by atoms with Gasteiger partial charge in [0.1, 0.15) is 17.3 Å².